The number of likely N-dealkylation sites (N-methyl/N-ethyl adjacent to an activating group) is 1. The molecular formula is C87H167NO8P+. The topological polar surface area (TPSA) is 108 Å². The molecule has 0 radical (unpaired) electrons. The number of esters is 2. The molecule has 0 aliphatic heterocycles. The van der Waals surface area contributed by atoms with Crippen LogP contribution in [0.4, 0.5) is 0 Å². The Hall–Kier alpha value is -2.03. The Labute approximate surface area is 604 Å². The van der Waals surface area contributed by atoms with Crippen molar-refractivity contribution < 1.29 is 42.1 Å². The summed E-state index contributed by atoms with van der Waals surface area (Å²) in [5.74, 6) is -0.771. The number of quaternary nitrogens is 1. The van der Waals surface area contributed by atoms with E-state index < -0.39 is 26.5 Å². The largest absolute Gasteiger partial charge is 0.472 e. The van der Waals surface area contributed by atoms with Gasteiger partial charge in [-0.2, -0.15) is 0 Å². The van der Waals surface area contributed by atoms with E-state index >= 15 is 0 Å². The standard InChI is InChI=1S/C87H166NO8P/c1-6-8-10-12-14-16-18-20-22-24-26-28-30-32-34-36-38-40-41-42-43-44-45-46-48-49-51-53-55-57-59-61-63-65-67-69-71-73-75-77-79-86(89)93-83-85(84-95-97(91,92)94-82-81-88(3,4)5)96-87(90)80-78-76-74-72-70-68-66-64-62-60-58-56-54-52-50-47-39-37-35-33-31-29-27-25-23-21-19-17-15-13-11-9-7-2/h9,11,15,17,21,23,27,29,85H,6-8,10,12-14,16,18-20,22,24-26,28,30-84H2,1-5H3/p+1/b11-9-,17-15-,23-21-,29-27-. The van der Waals surface area contributed by atoms with E-state index in [0.29, 0.717) is 23.9 Å². The summed E-state index contributed by atoms with van der Waals surface area (Å²) in [6.45, 7) is 4.41. The Balaban J connectivity index is 3.85. The first kappa shape index (κ1) is 95.0. The zero-order valence-electron chi connectivity index (χ0n) is 65.6. The Kier molecular flexibility index (Phi) is 76.5. The smallest absolute Gasteiger partial charge is 0.462 e. The molecule has 97 heavy (non-hydrogen) atoms. The quantitative estimate of drug-likeness (QED) is 0.0211. The third kappa shape index (κ3) is 82.8. The molecule has 0 aromatic carbocycles. The van der Waals surface area contributed by atoms with Gasteiger partial charge in [-0.25, -0.2) is 4.57 Å². The maximum atomic E-state index is 12.9. The van der Waals surface area contributed by atoms with Crippen molar-refractivity contribution >= 4 is 19.8 Å². The average molecular weight is 1390 g/mol. The molecule has 572 valence electrons. The maximum Gasteiger partial charge on any atom is 0.472 e. The Bertz CT molecular complexity index is 1770. The van der Waals surface area contributed by atoms with Gasteiger partial charge in [0.05, 0.1) is 27.7 Å². The van der Waals surface area contributed by atoms with Crippen molar-refractivity contribution in [1.29, 1.82) is 0 Å². The molecule has 0 fully saturated rings. The van der Waals surface area contributed by atoms with Gasteiger partial charge >= 0.3 is 19.8 Å². The predicted octanol–water partition coefficient (Wildman–Crippen LogP) is 28.7. The second-order valence-electron chi connectivity index (χ2n) is 30.6. The monoisotopic (exact) mass is 1390 g/mol. The number of hydrogen-bond donors (Lipinski definition) is 1. The van der Waals surface area contributed by atoms with Gasteiger partial charge < -0.3 is 18.9 Å². The Morgan fingerprint density at radius 1 is 0.330 bits per heavy atom. The number of hydrogen-bond acceptors (Lipinski definition) is 7. The lowest BCUT2D eigenvalue weighted by Gasteiger charge is -2.24. The second-order valence-corrected chi connectivity index (χ2v) is 32.0. The third-order valence-electron chi connectivity index (χ3n) is 19.6. The van der Waals surface area contributed by atoms with Gasteiger partial charge in [-0.1, -0.05) is 428 Å². The highest BCUT2D eigenvalue weighted by molar-refractivity contribution is 7.47. The summed E-state index contributed by atoms with van der Waals surface area (Å²) in [6.07, 6.45) is 104. The summed E-state index contributed by atoms with van der Waals surface area (Å²) < 4.78 is 34.9. The Morgan fingerprint density at radius 3 is 0.876 bits per heavy atom. The number of unbranched alkanes of at least 4 members (excludes halogenated alkanes) is 59. The molecule has 0 spiro atoms. The van der Waals surface area contributed by atoms with E-state index in [1.54, 1.807) is 0 Å². The summed E-state index contributed by atoms with van der Waals surface area (Å²) in [6, 6.07) is 0. The van der Waals surface area contributed by atoms with E-state index in [-0.39, 0.29) is 25.6 Å². The number of phosphoric ester groups is 1. The summed E-state index contributed by atoms with van der Waals surface area (Å²) in [7, 11) is 1.50. The summed E-state index contributed by atoms with van der Waals surface area (Å²) in [4.78, 5) is 36.0. The van der Waals surface area contributed by atoms with Crippen LogP contribution in [0.15, 0.2) is 48.6 Å². The molecule has 10 heteroatoms. The van der Waals surface area contributed by atoms with E-state index in [9.17, 15) is 19.0 Å². The van der Waals surface area contributed by atoms with Gasteiger partial charge in [-0.3, -0.25) is 18.6 Å². The molecule has 0 aromatic rings. The molecule has 0 heterocycles. The number of carbonyl (C=O) groups is 2. The fourth-order valence-electron chi connectivity index (χ4n) is 13.1. The van der Waals surface area contributed by atoms with Gasteiger partial charge in [0.1, 0.15) is 19.8 Å². The molecule has 2 atom stereocenters. The van der Waals surface area contributed by atoms with Crippen LogP contribution in [0, 0.1) is 0 Å². The van der Waals surface area contributed by atoms with Crippen molar-refractivity contribution in [2.24, 2.45) is 0 Å². The molecule has 0 aliphatic carbocycles. The van der Waals surface area contributed by atoms with Gasteiger partial charge in [-0.15, -0.1) is 0 Å². The molecule has 0 amide bonds. The fraction of sp³-hybridized carbons (Fsp3) is 0.885. The van der Waals surface area contributed by atoms with Crippen LogP contribution in [0.25, 0.3) is 0 Å². The first-order valence-electron chi connectivity index (χ1n) is 42.9. The van der Waals surface area contributed by atoms with Crippen molar-refractivity contribution in [3.05, 3.63) is 48.6 Å². The lowest BCUT2D eigenvalue weighted by molar-refractivity contribution is -0.870. The van der Waals surface area contributed by atoms with Crippen molar-refractivity contribution in [3.63, 3.8) is 0 Å². The third-order valence-corrected chi connectivity index (χ3v) is 20.6. The first-order chi connectivity index (χ1) is 47.5. The van der Waals surface area contributed by atoms with Crippen LogP contribution in [0.1, 0.15) is 444 Å². The molecule has 0 aromatic heterocycles. The zero-order valence-corrected chi connectivity index (χ0v) is 66.5. The normalized spacial score (nSPS) is 13.2. The molecule has 2 unspecified atom stereocenters. The lowest BCUT2D eigenvalue weighted by Crippen LogP contribution is -2.37. The summed E-state index contributed by atoms with van der Waals surface area (Å²) >= 11 is 0. The van der Waals surface area contributed by atoms with Crippen LogP contribution in [0.2, 0.25) is 0 Å². The Morgan fingerprint density at radius 2 is 0.588 bits per heavy atom. The second kappa shape index (κ2) is 78.1. The summed E-state index contributed by atoms with van der Waals surface area (Å²) in [5.41, 5.74) is 0. The van der Waals surface area contributed by atoms with E-state index in [1.807, 2.05) is 21.1 Å². The number of allylic oxidation sites excluding steroid dienone is 8. The van der Waals surface area contributed by atoms with E-state index in [2.05, 4.69) is 62.5 Å². The van der Waals surface area contributed by atoms with Gasteiger partial charge in [0.25, 0.3) is 0 Å². The minimum atomic E-state index is -4.39. The van der Waals surface area contributed by atoms with Crippen molar-refractivity contribution in [2.45, 2.75) is 450 Å². The SMILES string of the molecule is CC/C=C\C/C=C\C/C=C\C/C=C\CCCCCCCCCCCCCCCCCCCCCCC(=O)OC(COC(=O)CCCCCCCCCCCCCCCCCCCCCCCCCCCCCCCCCCCCCCCCCC)COP(=O)(O)OCC[N+](C)(C)C. The molecule has 0 saturated carbocycles. The molecular weight excluding hydrogens is 1220 g/mol. The molecule has 0 saturated heterocycles. The fourth-order valence-corrected chi connectivity index (χ4v) is 13.9. The van der Waals surface area contributed by atoms with Gasteiger partial charge in [0.15, 0.2) is 6.10 Å². The average Bonchev–Trinajstić information content (AvgIpc) is 1.58. The first-order valence-corrected chi connectivity index (χ1v) is 44.4. The van der Waals surface area contributed by atoms with Crippen LogP contribution in [0.3, 0.4) is 0 Å². The van der Waals surface area contributed by atoms with E-state index in [4.69, 9.17) is 18.5 Å². The number of nitrogens with zero attached hydrogens (tertiary/aromatic N) is 1. The van der Waals surface area contributed by atoms with Crippen molar-refractivity contribution in [3.8, 4) is 0 Å². The summed E-state index contributed by atoms with van der Waals surface area (Å²) in [5, 5.41) is 0. The van der Waals surface area contributed by atoms with Crippen LogP contribution in [-0.2, 0) is 32.7 Å². The van der Waals surface area contributed by atoms with Crippen molar-refractivity contribution in [2.75, 3.05) is 47.5 Å². The lowest BCUT2D eigenvalue weighted by atomic mass is 10.0. The van der Waals surface area contributed by atoms with Gasteiger partial charge in [-0.05, 0) is 51.4 Å². The van der Waals surface area contributed by atoms with Crippen molar-refractivity contribution in [1.82, 2.24) is 0 Å². The zero-order chi connectivity index (χ0) is 70.4. The highest BCUT2D eigenvalue weighted by Gasteiger charge is 2.27. The van der Waals surface area contributed by atoms with E-state index in [0.717, 1.165) is 57.8 Å². The molecule has 1 N–H and O–H groups in total. The van der Waals surface area contributed by atoms with Crippen LogP contribution in [-0.4, -0.2) is 74.9 Å². The van der Waals surface area contributed by atoms with Crippen LogP contribution < -0.4 is 0 Å². The highest BCUT2D eigenvalue weighted by Crippen LogP contribution is 2.43. The van der Waals surface area contributed by atoms with Crippen LogP contribution >= 0.6 is 7.82 Å². The van der Waals surface area contributed by atoms with Crippen LogP contribution in [0.5, 0.6) is 0 Å². The minimum Gasteiger partial charge on any atom is -0.462 e. The van der Waals surface area contributed by atoms with E-state index in [1.165, 1.54) is 353 Å². The number of phosphoric acid groups is 1. The predicted molar refractivity (Wildman–Crippen MR) is 423 cm³/mol. The highest BCUT2D eigenvalue weighted by atomic mass is 31.2. The minimum absolute atomic E-state index is 0.0348. The van der Waals surface area contributed by atoms with Gasteiger partial charge in [0, 0.05) is 12.8 Å². The number of rotatable bonds is 81. The van der Waals surface area contributed by atoms with Gasteiger partial charge in [0.2, 0.25) is 0 Å². The number of ether oxygens (including phenoxy) is 2. The number of carbonyl (C=O) groups excluding carboxylic acids is 2. The molecule has 0 bridgehead atoms. The molecule has 0 aliphatic rings. The maximum absolute atomic E-state index is 12.9. The molecule has 9 nitrogen and oxygen atoms in total. The molecule has 0 rings (SSSR count).